The number of aliphatic hydroxyl groups is 1. The lowest BCUT2D eigenvalue weighted by Gasteiger charge is -2.45. The fraction of sp³-hybridized carbons (Fsp3) is 0.452. The summed E-state index contributed by atoms with van der Waals surface area (Å²) in [6.45, 7) is 2.91. The molecule has 188 valence electrons. The van der Waals surface area contributed by atoms with Gasteiger partial charge in [-0.05, 0) is 67.5 Å². The van der Waals surface area contributed by atoms with Crippen LogP contribution < -0.4 is 4.90 Å². The average molecular weight is 492 g/mol. The molecule has 0 bridgehead atoms. The summed E-state index contributed by atoms with van der Waals surface area (Å²) in [7, 11) is 0. The van der Waals surface area contributed by atoms with Crippen molar-refractivity contribution in [3.05, 3.63) is 65.3 Å². The molecular weight excluding hydrogens is 458 g/mol. The average Bonchev–Trinajstić information content (AvgIpc) is 3.79. The second kappa shape index (κ2) is 9.15. The van der Waals surface area contributed by atoms with Crippen molar-refractivity contribution >= 4 is 16.6 Å². The van der Waals surface area contributed by atoms with Gasteiger partial charge in [0.25, 0.3) is 0 Å². The minimum Gasteiger partial charge on any atom is -0.396 e. The van der Waals surface area contributed by atoms with Gasteiger partial charge >= 0.3 is 0 Å². The molecule has 1 N–H and O–H groups in total. The summed E-state index contributed by atoms with van der Waals surface area (Å²) < 4.78 is 0. The maximum absolute atomic E-state index is 10.3. The van der Waals surface area contributed by atoms with E-state index in [1.165, 1.54) is 37.0 Å². The van der Waals surface area contributed by atoms with Crippen LogP contribution in [0.3, 0.4) is 0 Å². The number of nitrogens with zero attached hydrogens (tertiary/aromatic N) is 5. The summed E-state index contributed by atoms with van der Waals surface area (Å²) in [4.78, 5) is 14.6. The Morgan fingerprint density at radius 1 is 1.08 bits per heavy atom. The highest BCUT2D eigenvalue weighted by Crippen LogP contribution is 2.47. The number of benzene rings is 1. The first-order chi connectivity index (χ1) is 18.2. The molecule has 3 heterocycles. The molecule has 0 amide bonds. The second-order valence-electron chi connectivity index (χ2n) is 11.1. The quantitative estimate of drug-likeness (QED) is 0.478. The minimum absolute atomic E-state index is 0.215. The number of rotatable bonds is 7. The van der Waals surface area contributed by atoms with E-state index < -0.39 is 0 Å². The molecule has 37 heavy (non-hydrogen) atoms. The summed E-state index contributed by atoms with van der Waals surface area (Å²) >= 11 is 0. The van der Waals surface area contributed by atoms with Crippen LogP contribution in [0, 0.1) is 17.2 Å². The molecule has 1 unspecified atom stereocenters. The Bertz CT molecular complexity index is 1420. The topological polar surface area (TPSA) is 76.3 Å². The molecule has 7 rings (SSSR count). The molecular formula is C31H33N5O. The first-order valence-electron chi connectivity index (χ1n) is 13.9. The Morgan fingerprint density at radius 2 is 1.95 bits per heavy atom. The van der Waals surface area contributed by atoms with Gasteiger partial charge in [0.2, 0.25) is 0 Å². The number of piperazine rings is 1. The van der Waals surface area contributed by atoms with E-state index in [4.69, 9.17) is 4.98 Å². The molecule has 1 aromatic carbocycles. The van der Waals surface area contributed by atoms with Crippen LogP contribution in [0.15, 0.2) is 54.0 Å². The lowest BCUT2D eigenvalue weighted by atomic mass is 9.95. The third-order valence-corrected chi connectivity index (χ3v) is 8.58. The summed E-state index contributed by atoms with van der Waals surface area (Å²) in [5, 5.41) is 22.3. The Kier molecular flexibility index (Phi) is 5.62. The molecule has 0 radical (unpaired) electrons. The SMILES string of the molecule is N#Cc1cc(-c2cccc3cnccc23)c(C2CC2)nc1N1CCN(C(CCO)=C2CC2)C(C2CC2)C1. The van der Waals surface area contributed by atoms with E-state index >= 15 is 0 Å². The molecule has 1 atom stereocenters. The monoisotopic (exact) mass is 491 g/mol. The maximum atomic E-state index is 10.3. The van der Waals surface area contributed by atoms with E-state index in [2.05, 4.69) is 51.2 Å². The number of nitriles is 1. The molecule has 3 aliphatic carbocycles. The van der Waals surface area contributed by atoms with E-state index in [-0.39, 0.29) is 6.61 Å². The predicted octanol–water partition coefficient (Wildman–Crippen LogP) is 5.38. The van der Waals surface area contributed by atoms with Crippen LogP contribution in [-0.4, -0.2) is 52.3 Å². The molecule has 3 saturated carbocycles. The number of hydrogen-bond acceptors (Lipinski definition) is 6. The number of fused-ring (bicyclic) bond motifs is 1. The second-order valence-corrected chi connectivity index (χ2v) is 11.1. The normalized spacial score (nSPS) is 21.3. The molecule has 4 aliphatic rings. The summed E-state index contributed by atoms with van der Waals surface area (Å²) in [6.07, 6.45) is 11.8. The van der Waals surface area contributed by atoms with Gasteiger partial charge in [0.15, 0.2) is 0 Å². The summed E-state index contributed by atoms with van der Waals surface area (Å²) in [5.74, 6) is 2.03. The largest absolute Gasteiger partial charge is 0.396 e. The van der Waals surface area contributed by atoms with Crippen molar-refractivity contribution in [3.63, 3.8) is 0 Å². The van der Waals surface area contributed by atoms with Crippen molar-refractivity contribution in [2.24, 2.45) is 5.92 Å². The predicted molar refractivity (Wildman–Crippen MR) is 145 cm³/mol. The number of anilines is 1. The third kappa shape index (κ3) is 4.26. The smallest absolute Gasteiger partial charge is 0.147 e. The molecule has 4 fully saturated rings. The zero-order valence-corrected chi connectivity index (χ0v) is 21.2. The van der Waals surface area contributed by atoms with E-state index in [0.29, 0.717) is 23.4 Å². The highest BCUT2D eigenvalue weighted by atomic mass is 16.3. The molecule has 2 aromatic heterocycles. The van der Waals surface area contributed by atoms with Gasteiger partial charge in [0.1, 0.15) is 11.9 Å². The Labute approximate surface area is 218 Å². The van der Waals surface area contributed by atoms with E-state index in [1.807, 2.05) is 12.4 Å². The van der Waals surface area contributed by atoms with Gasteiger partial charge in [0, 0.05) is 73.7 Å². The fourth-order valence-corrected chi connectivity index (χ4v) is 6.28. The zero-order chi connectivity index (χ0) is 24.9. The van der Waals surface area contributed by atoms with Gasteiger partial charge in [-0.25, -0.2) is 4.98 Å². The fourth-order valence-electron chi connectivity index (χ4n) is 6.28. The van der Waals surface area contributed by atoms with Crippen LogP contribution in [0.2, 0.25) is 0 Å². The highest BCUT2D eigenvalue weighted by Gasteiger charge is 2.41. The van der Waals surface area contributed by atoms with Crippen molar-refractivity contribution in [1.82, 2.24) is 14.9 Å². The van der Waals surface area contributed by atoms with Crippen molar-refractivity contribution < 1.29 is 5.11 Å². The standard InChI is InChI=1S/C31H33N5O/c32-17-24-16-27(26-3-1-2-23-18-33-12-10-25(23)26)30(22-8-9-22)34-31(24)35-13-14-36(29(19-35)21-6-7-21)28(11-15-37)20-4-5-20/h1-3,10,12,16,18,21-22,29,37H,4-9,11,13-15,19H2. The van der Waals surface area contributed by atoms with Crippen LogP contribution >= 0.6 is 0 Å². The molecule has 6 nitrogen and oxygen atoms in total. The van der Waals surface area contributed by atoms with Crippen molar-refractivity contribution in [3.8, 4) is 17.2 Å². The van der Waals surface area contributed by atoms with Gasteiger partial charge in [-0.3, -0.25) is 4.98 Å². The molecule has 3 aromatic rings. The van der Waals surface area contributed by atoms with Crippen LogP contribution in [0.5, 0.6) is 0 Å². The van der Waals surface area contributed by atoms with Crippen LogP contribution in [0.1, 0.15) is 62.1 Å². The maximum Gasteiger partial charge on any atom is 0.147 e. The van der Waals surface area contributed by atoms with Gasteiger partial charge < -0.3 is 14.9 Å². The molecule has 0 spiro atoms. The summed E-state index contributed by atoms with van der Waals surface area (Å²) in [5.41, 5.74) is 6.99. The zero-order valence-electron chi connectivity index (χ0n) is 21.2. The van der Waals surface area contributed by atoms with Crippen molar-refractivity contribution in [2.75, 3.05) is 31.1 Å². The van der Waals surface area contributed by atoms with Gasteiger partial charge in [-0.2, -0.15) is 5.26 Å². The van der Waals surface area contributed by atoms with Gasteiger partial charge in [-0.1, -0.05) is 23.8 Å². The van der Waals surface area contributed by atoms with Gasteiger partial charge in [-0.15, -0.1) is 0 Å². The third-order valence-electron chi connectivity index (χ3n) is 8.58. The number of hydrogen-bond donors (Lipinski definition) is 1. The number of aliphatic hydroxyl groups excluding tert-OH is 1. The minimum atomic E-state index is 0.215. The molecule has 6 heteroatoms. The van der Waals surface area contributed by atoms with Gasteiger partial charge in [0.05, 0.1) is 11.3 Å². The number of allylic oxidation sites excluding steroid dienone is 1. The Hall–Kier alpha value is -3.43. The summed E-state index contributed by atoms with van der Waals surface area (Å²) in [6, 6.07) is 13.4. The Morgan fingerprint density at radius 3 is 2.68 bits per heavy atom. The van der Waals surface area contributed by atoms with E-state index in [9.17, 15) is 10.4 Å². The van der Waals surface area contributed by atoms with Crippen LogP contribution in [0.4, 0.5) is 5.82 Å². The van der Waals surface area contributed by atoms with E-state index in [0.717, 1.165) is 72.3 Å². The first kappa shape index (κ1) is 22.7. The van der Waals surface area contributed by atoms with Crippen molar-refractivity contribution in [1.29, 1.82) is 5.26 Å². The van der Waals surface area contributed by atoms with Crippen molar-refractivity contribution in [2.45, 2.75) is 56.9 Å². The Balaban J connectivity index is 1.27. The van der Waals surface area contributed by atoms with Crippen LogP contribution in [0.25, 0.3) is 21.9 Å². The number of aromatic nitrogens is 2. The van der Waals surface area contributed by atoms with Crippen LogP contribution in [-0.2, 0) is 0 Å². The molecule has 1 saturated heterocycles. The first-order valence-corrected chi connectivity index (χ1v) is 13.9. The van der Waals surface area contributed by atoms with E-state index in [1.54, 1.807) is 0 Å². The highest BCUT2D eigenvalue weighted by molar-refractivity contribution is 5.97. The lowest BCUT2D eigenvalue weighted by molar-refractivity contribution is 0.185. The number of pyridine rings is 2. The lowest BCUT2D eigenvalue weighted by Crippen LogP contribution is -2.54. The molecule has 1 aliphatic heterocycles.